The van der Waals surface area contributed by atoms with Gasteiger partial charge >= 0.3 is 5.97 Å². The van der Waals surface area contributed by atoms with Gasteiger partial charge in [0.2, 0.25) is 0 Å². The SMILES string of the molecule is CCOC(=O)c1c(Cl)cc(CC)n(-c2ccc(OC)cc2)c1=O. The molecule has 1 heterocycles. The fourth-order valence-corrected chi connectivity index (χ4v) is 2.57. The summed E-state index contributed by atoms with van der Waals surface area (Å²) >= 11 is 6.12. The zero-order chi connectivity index (χ0) is 17.0. The Balaban J connectivity index is 2.67. The molecule has 0 fully saturated rings. The maximum Gasteiger partial charge on any atom is 0.345 e. The van der Waals surface area contributed by atoms with E-state index in [-0.39, 0.29) is 17.2 Å². The molecule has 0 amide bonds. The molecule has 0 saturated heterocycles. The van der Waals surface area contributed by atoms with Crippen LogP contribution in [0.1, 0.15) is 29.9 Å². The Labute approximate surface area is 139 Å². The second kappa shape index (κ2) is 7.33. The number of esters is 1. The number of carbonyl (C=O) groups excluding carboxylic acids is 1. The Bertz CT molecular complexity index is 765. The van der Waals surface area contributed by atoms with Crippen molar-refractivity contribution >= 4 is 17.6 Å². The predicted octanol–water partition coefficient (Wildman–Crippen LogP) is 3.24. The largest absolute Gasteiger partial charge is 0.497 e. The molecule has 1 aromatic heterocycles. The summed E-state index contributed by atoms with van der Waals surface area (Å²) in [6, 6.07) is 8.63. The summed E-state index contributed by atoms with van der Waals surface area (Å²) < 4.78 is 11.5. The number of rotatable bonds is 5. The highest BCUT2D eigenvalue weighted by atomic mass is 35.5. The molecule has 0 aliphatic heterocycles. The maximum atomic E-state index is 12.8. The normalized spacial score (nSPS) is 10.4. The Kier molecular flexibility index (Phi) is 5.45. The van der Waals surface area contributed by atoms with Gasteiger partial charge < -0.3 is 9.47 Å². The molecule has 0 saturated carbocycles. The van der Waals surface area contributed by atoms with Crippen molar-refractivity contribution in [2.24, 2.45) is 0 Å². The van der Waals surface area contributed by atoms with Crippen LogP contribution in [0.15, 0.2) is 35.1 Å². The third-order valence-electron chi connectivity index (χ3n) is 3.41. The molecular formula is C17H18ClNO4. The van der Waals surface area contributed by atoms with Crippen LogP contribution < -0.4 is 10.3 Å². The molecule has 0 N–H and O–H groups in total. The predicted molar refractivity (Wildman–Crippen MR) is 88.9 cm³/mol. The van der Waals surface area contributed by atoms with Gasteiger partial charge in [-0.05, 0) is 43.7 Å². The van der Waals surface area contributed by atoms with Crippen LogP contribution in [0.5, 0.6) is 5.75 Å². The summed E-state index contributed by atoms with van der Waals surface area (Å²) in [5.41, 5.74) is 0.701. The molecular weight excluding hydrogens is 318 g/mol. The molecule has 2 rings (SSSR count). The van der Waals surface area contributed by atoms with E-state index in [1.165, 1.54) is 4.57 Å². The van der Waals surface area contributed by atoms with Gasteiger partial charge in [0.25, 0.3) is 5.56 Å². The lowest BCUT2D eigenvalue weighted by atomic mass is 10.2. The monoisotopic (exact) mass is 335 g/mol. The van der Waals surface area contributed by atoms with E-state index in [1.54, 1.807) is 44.4 Å². The van der Waals surface area contributed by atoms with Crippen molar-refractivity contribution in [3.8, 4) is 11.4 Å². The van der Waals surface area contributed by atoms with E-state index in [9.17, 15) is 9.59 Å². The lowest BCUT2D eigenvalue weighted by Crippen LogP contribution is -2.29. The summed E-state index contributed by atoms with van der Waals surface area (Å²) in [6.45, 7) is 3.76. The smallest absolute Gasteiger partial charge is 0.345 e. The van der Waals surface area contributed by atoms with Gasteiger partial charge in [-0.15, -0.1) is 0 Å². The van der Waals surface area contributed by atoms with Crippen molar-refractivity contribution in [3.05, 3.63) is 57.0 Å². The molecule has 0 spiro atoms. The van der Waals surface area contributed by atoms with Crippen molar-refractivity contribution in [2.45, 2.75) is 20.3 Å². The van der Waals surface area contributed by atoms with Gasteiger partial charge in [-0.2, -0.15) is 0 Å². The maximum absolute atomic E-state index is 12.8. The van der Waals surface area contributed by atoms with Gasteiger partial charge in [-0.1, -0.05) is 18.5 Å². The van der Waals surface area contributed by atoms with Gasteiger partial charge in [-0.3, -0.25) is 9.36 Å². The quantitative estimate of drug-likeness (QED) is 0.787. The van der Waals surface area contributed by atoms with E-state index in [1.807, 2.05) is 6.92 Å². The first kappa shape index (κ1) is 17.1. The number of pyridine rings is 1. The minimum absolute atomic E-state index is 0.107. The average Bonchev–Trinajstić information content (AvgIpc) is 2.54. The number of hydrogen-bond acceptors (Lipinski definition) is 4. The van der Waals surface area contributed by atoms with Crippen LogP contribution in [-0.2, 0) is 11.2 Å². The standard InChI is InChI=1S/C17H18ClNO4/c1-4-11-10-14(18)15(17(21)23-5-2)16(20)19(11)12-6-8-13(22-3)9-7-12/h6-10H,4-5H2,1-3H3. The topological polar surface area (TPSA) is 57.5 Å². The van der Waals surface area contributed by atoms with E-state index in [2.05, 4.69) is 0 Å². The molecule has 6 heteroatoms. The number of carbonyl (C=O) groups is 1. The molecule has 0 radical (unpaired) electrons. The summed E-state index contributed by atoms with van der Waals surface area (Å²) in [4.78, 5) is 24.8. The van der Waals surface area contributed by atoms with E-state index in [0.717, 1.165) is 0 Å². The molecule has 122 valence electrons. The highest BCUT2D eigenvalue weighted by Crippen LogP contribution is 2.20. The van der Waals surface area contributed by atoms with Gasteiger partial charge in [0.1, 0.15) is 11.3 Å². The first-order valence-electron chi connectivity index (χ1n) is 7.29. The molecule has 0 aliphatic carbocycles. The molecule has 0 unspecified atom stereocenters. The van der Waals surface area contributed by atoms with E-state index >= 15 is 0 Å². The summed E-state index contributed by atoms with van der Waals surface area (Å²) in [6.07, 6.45) is 0.587. The van der Waals surface area contributed by atoms with Crippen LogP contribution in [0.25, 0.3) is 5.69 Å². The number of aryl methyl sites for hydroxylation is 1. The Morgan fingerprint density at radius 1 is 1.22 bits per heavy atom. The Morgan fingerprint density at radius 3 is 2.39 bits per heavy atom. The van der Waals surface area contributed by atoms with Gasteiger partial charge in [-0.25, -0.2) is 4.79 Å². The number of halogens is 1. The van der Waals surface area contributed by atoms with Gasteiger partial charge in [0.05, 0.1) is 18.7 Å². The number of aromatic nitrogens is 1. The average molecular weight is 336 g/mol. The van der Waals surface area contributed by atoms with Gasteiger partial charge in [0, 0.05) is 11.4 Å². The second-order valence-electron chi connectivity index (χ2n) is 4.77. The van der Waals surface area contributed by atoms with Crippen molar-refractivity contribution in [2.75, 3.05) is 13.7 Å². The van der Waals surface area contributed by atoms with Crippen LogP contribution in [0.2, 0.25) is 5.02 Å². The highest BCUT2D eigenvalue weighted by Gasteiger charge is 2.21. The van der Waals surface area contributed by atoms with Crippen LogP contribution >= 0.6 is 11.6 Å². The molecule has 23 heavy (non-hydrogen) atoms. The van der Waals surface area contributed by atoms with Crippen molar-refractivity contribution in [1.82, 2.24) is 4.57 Å². The highest BCUT2D eigenvalue weighted by molar-refractivity contribution is 6.33. The third kappa shape index (κ3) is 3.40. The number of benzene rings is 1. The molecule has 1 aromatic carbocycles. The third-order valence-corrected chi connectivity index (χ3v) is 3.71. The lowest BCUT2D eigenvalue weighted by molar-refractivity contribution is 0.0524. The van der Waals surface area contributed by atoms with Crippen LogP contribution in [-0.4, -0.2) is 24.3 Å². The van der Waals surface area contributed by atoms with E-state index in [0.29, 0.717) is 23.6 Å². The molecule has 2 aromatic rings. The number of methoxy groups -OCH3 is 1. The van der Waals surface area contributed by atoms with Crippen LogP contribution in [0, 0.1) is 0 Å². The zero-order valence-electron chi connectivity index (χ0n) is 13.3. The van der Waals surface area contributed by atoms with Crippen molar-refractivity contribution in [1.29, 1.82) is 0 Å². The first-order valence-corrected chi connectivity index (χ1v) is 7.67. The fourth-order valence-electron chi connectivity index (χ4n) is 2.29. The Morgan fingerprint density at radius 2 is 1.87 bits per heavy atom. The summed E-state index contributed by atoms with van der Waals surface area (Å²) in [7, 11) is 1.57. The van der Waals surface area contributed by atoms with E-state index in [4.69, 9.17) is 21.1 Å². The van der Waals surface area contributed by atoms with Crippen LogP contribution in [0.3, 0.4) is 0 Å². The Hall–Kier alpha value is -2.27. The summed E-state index contributed by atoms with van der Waals surface area (Å²) in [5.74, 6) is -0.0353. The van der Waals surface area contributed by atoms with E-state index < -0.39 is 11.5 Å². The minimum Gasteiger partial charge on any atom is -0.497 e. The fraction of sp³-hybridized carbons (Fsp3) is 0.294. The van der Waals surface area contributed by atoms with Crippen molar-refractivity contribution in [3.63, 3.8) is 0 Å². The molecule has 5 nitrogen and oxygen atoms in total. The summed E-state index contributed by atoms with van der Waals surface area (Å²) in [5, 5.41) is 0.107. The number of hydrogen-bond donors (Lipinski definition) is 0. The lowest BCUT2D eigenvalue weighted by Gasteiger charge is -2.15. The molecule has 0 atom stereocenters. The van der Waals surface area contributed by atoms with Crippen LogP contribution in [0.4, 0.5) is 0 Å². The van der Waals surface area contributed by atoms with Gasteiger partial charge in [0.15, 0.2) is 0 Å². The first-order chi connectivity index (χ1) is 11.0. The minimum atomic E-state index is -0.715. The van der Waals surface area contributed by atoms with Crippen molar-refractivity contribution < 1.29 is 14.3 Å². The number of nitrogens with zero attached hydrogens (tertiary/aromatic N) is 1. The molecule has 0 aliphatic rings. The number of ether oxygens (including phenoxy) is 2. The molecule has 0 bridgehead atoms. The zero-order valence-corrected chi connectivity index (χ0v) is 14.0. The second-order valence-corrected chi connectivity index (χ2v) is 5.18.